The molecule has 8 nitrogen and oxygen atoms in total. The highest BCUT2D eigenvalue weighted by Gasteiger charge is 2.27. The number of hydrogen-bond donors (Lipinski definition) is 1. The fourth-order valence-electron chi connectivity index (χ4n) is 3.79. The molecule has 30 heavy (non-hydrogen) atoms. The van der Waals surface area contributed by atoms with Gasteiger partial charge in [0, 0.05) is 31.7 Å². The second kappa shape index (κ2) is 8.44. The topological polar surface area (TPSA) is 87.8 Å². The summed E-state index contributed by atoms with van der Waals surface area (Å²) in [4.78, 5) is 37.0. The van der Waals surface area contributed by atoms with Gasteiger partial charge in [-0.1, -0.05) is 6.07 Å². The van der Waals surface area contributed by atoms with Gasteiger partial charge >= 0.3 is 0 Å². The van der Waals surface area contributed by atoms with Crippen molar-refractivity contribution in [1.82, 2.24) is 19.8 Å². The third-order valence-corrected chi connectivity index (χ3v) is 5.38. The minimum Gasteiger partial charge on any atom is -0.496 e. The van der Waals surface area contributed by atoms with E-state index in [9.17, 15) is 9.59 Å². The zero-order valence-electron chi connectivity index (χ0n) is 17.1. The molecule has 1 fully saturated rings. The number of methoxy groups -OCH3 is 2. The van der Waals surface area contributed by atoms with Crippen LogP contribution in [0.4, 0.5) is 0 Å². The summed E-state index contributed by atoms with van der Waals surface area (Å²) in [7, 11) is 3.07. The van der Waals surface area contributed by atoms with E-state index in [2.05, 4.69) is 9.97 Å². The summed E-state index contributed by atoms with van der Waals surface area (Å²) in [6, 6.07) is 10.7. The number of carbonyl (C=O) groups is 2. The lowest BCUT2D eigenvalue weighted by molar-refractivity contribution is 0.0715. The second-order valence-corrected chi connectivity index (χ2v) is 7.11. The first-order valence-electron chi connectivity index (χ1n) is 9.85. The van der Waals surface area contributed by atoms with Gasteiger partial charge in [0.2, 0.25) is 0 Å². The lowest BCUT2D eigenvalue weighted by atomic mass is 10.1. The van der Waals surface area contributed by atoms with Crippen LogP contribution in [0.3, 0.4) is 0 Å². The minimum absolute atomic E-state index is 0.0457. The predicted octanol–water partition coefficient (Wildman–Crippen LogP) is 2.57. The smallest absolute Gasteiger partial charge is 0.261 e. The molecule has 156 valence electrons. The quantitative estimate of drug-likeness (QED) is 0.717. The maximum absolute atomic E-state index is 13.2. The highest BCUT2D eigenvalue weighted by Crippen LogP contribution is 2.30. The van der Waals surface area contributed by atoms with Gasteiger partial charge in [-0.25, -0.2) is 4.98 Å². The molecule has 2 heterocycles. The number of H-pyrrole nitrogens is 1. The van der Waals surface area contributed by atoms with E-state index in [1.807, 2.05) is 12.1 Å². The number of imidazole rings is 1. The molecule has 2 amide bonds. The molecule has 0 unspecified atom stereocenters. The minimum atomic E-state index is -0.155. The first-order chi connectivity index (χ1) is 14.6. The average Bonchev–Trinajstić information content (AvgIpc) is 3.12. The van der Waals surface area contributed by atoms with Gasteiger partial charge in [-0.05, 0) is 36.8 Å². The van der Waals surface area contributed by atoms with Crippen molar-refractivity contribution in [2.75, 3.05) is 40.4 Å². The van der Waals surface area contributed by atoms with Crippen LogP contribution < -0.4 is 9.47 Å². The molecule has 1 N–H and O–H groups in total. The van der Waals surface area contributed by atoms with Crippen molar-refractivity contribution >= 4 is 22.8 Å². The number of fused-ring (bicyclic) bond motifs is 1. The van der Waals surface area contributed by atoms with Gasteiger partial charge in [-0.3, -0.25) is 9.59 Å². The van der Waals surface area contributed by atoms with Gasteiger partial charge in [0.15, 0.2) is 0 Å². The number of aromatic nitrogens is 2. The predicted molar refractivity (Wildman–Crippen MR) is 112 cm³/mol. The number of benzene rings is 2. The monoisotopic (exact) mass is 408 g/mol. The average molecular weight is 408 g/mol. The Kier molecular flexibility index (Phi) is 5.56. The summed E-state index contributed by atoms with van der Waals surface area (Å²) in [6.45, 7) is 2.05. The molecule has 0 spiro atoms. The number of amides is 2. The van der Waals surface area contributed by atoms with Gasteiger partial charge in [-0.2, -0.15) is 0 Å². The molecule has 2 aromatic carbocycles. The Morgan fingerprint density at radius 2 is 1.60 bits per heavy atom. The number of rotatable bonds is 4. The number of nitrogens with one attached hydrogen (secondary N) is 1. The highest BCUT2D eigenvalue weighted by molar-refractivity contribution is 6.00. The van der Waals surface area contributed by atoms with Crippen LogP contribution in [0, 0.1) is 0 Å². The lowest BCUT2D eigenvalue weighted by Crippen LogP contribution is -2.37. The fourth-order valence-corrected chi connectivity index (χ4v) is 3.79. The van der Waals surface area contributed by atoms with E-state index >= 15 is 0 Å². The summed E-state index contributed by atoms with van der Waals surface area (Å²) in [6.07, 6.45) is 2.31. The van der Waals surface area contributed by atoms with Crippen molar-refractivity contribution < 1.29 is 19.1 Å². The Balaban J connectivity index is 1.50. The summed E-state index contributed by atoms with van der Waals surface area (Å²) in [5, 5.41) is 0. The maximum atomic E-state index is 13.2. The van der Waals surface area contributed by atoms with E-state index in [1.54, 1.807) is 40.4 Å². The van der Waals surface area contributed by atoms with Crippen molar-refractivity contribution in [2.24, 2.45) is 0 Å². The van der Waals surface area contributed by atoms with Crippen LogP contribution in [0.15, 0.2) is 42.7 Å². The molecular formula is C22H24N4O4. The molecule has 0 bridgehead atoms. The number of carbonyl (C=O) groups excluding carboxylic acids is 2. The molecule has 1 aromatic heterocycles. The molecule has 1 aliphatic rings. The van der Waals surface area contributed by atoms with E-state index in [-0.39, 0.29) is 11.8 Å². The van der Waals surface area contributed by atoms with Crippen LogP contribution in [0.1, 0.15) is 27.1 Å². The first kappa shape index (κ1) is 19.8. The van der Waals surface area contributed by atoms with E-state index in [0.717, 1.165) is 11.0 Å². The molecule has 4 rings (SSSR count). The van der Waals surface area contributed by atoms with Gasteiger partial charge in [-0.15, -0.1) is 0 Å². The Labute approximate surface area is 174 Å². The van der Waals surface area contributed by atoms with Crippen LogP contribution >= 0.6 is 0 Å². The van der Waals surface area contributed by atoms with Crippen molar-refractivity contribution in [3.05, 3.63) is 53.9 Å². The Morgan fingerprint density at radius 1 is 0.933 bits per heavy atom. The maximum Gasteiger partial charge on any atom is 0.261 e. The Hall–Kier alpha value is -3.55. The molecule has 1 aliphatic heterocycles. The van der Waals surface area contributed by atoms with E-state index in [4.69, 9.17) is 9.47 Å². The molecule has 1 saturated heterocycles. The summed E-state index contributed by atoms with van der Waals surface area (Å²) >= 11 is 0. The number of ether oxygens (including phenoxy) is 2. The van der Waals surface area contributed by atoms with Gasteiger partial charge in [0.1, 0.15) is 17.1 Å². The normalized spacial score (nSPS) is 14.5. The van der Waals surface area contributed by atoms with Crippen LogP contribution in [0.25, 0.3) is 11.0 Å². The molecule has 3 aromatic rings. The van der Waals surface area contributed by atoms with E-state index in [0.29, 0.717) is 55.2 Å². The van der Waals surface area contributed by atoms with Gasteiger partial charge in [0.05, 0.1) is 31.6 Å². The Morgan fingerprint density at radius 3 is 2.27 bits per heavy atom. The summed E-state index contributed by atoms with van der Waals surface area (Å²) in [5.74, 6) is 0.752. The van der Waals surface area contributed by atoms with Crippen LogP contribution in [-0.2, 0) is 0 Å². The molecule has 0 saturated carbocycles. The third kappa shape index (κ3) is 3.68. The standard InChI is InChI=1S/C22H24N4O4/c1-29-18-5-3-6-19(30-2)20(18)22(28)26-10-4-9-25(11-12-26)21(27)15-7-8-16-17(13-15)24-14-23-16/h3,5-8,13-14H,4,9-12H2,1-2H3,(H,23,24). The van der Waals surface area contributed by atoms with Crippen LogP contribution in [-0.4, -0.2) is 72.0 Å². The van der Waals surface area contributed by atoms with Crippen molar-refractivity contribution in [3.8, 4) is 11.5 Å². The van der Waals surface area contributed by atoms with Gasteiger partial charge < -0.3 is 24.3 Å². The second-order valence-electron chi connectivity index (χ2n) is 7.11. The summed E-state index contributed by atoms with van der Waals surface area (Å²) in [5.41, 5.74) is 2.67. The number of hydrogen-bond acceptors (Lipinski definition) is 5. The largest absolute Gasteiger partial charge is 0.496 e. The third-order valence-electron chi connectivity index (χ3n) is 5.38. The van der Waals surface area contributed by atoms with Crippen molar-refractivity contribution in [3.63, 3.8) is 0 Å². The first-order valence-corrected chi connectivity index (χ1v) is 9.85. The van der Waals surface area contributed by atoms with Gasteiger partial charge in [0.25, 0.3) is 11.8 Å². The van der Waals surface area contributed by atoms with Crippen molar-refractivity contribution in [1.29, 1.82) is 0 Å². The van der Waals surface area contributed by atoms with Crippen LogP contribution in [0.5, 0.6) is 11.5 Å². The zero-order valence-corrected chi connectivity index (χ0v) is 17.1. The molecular weight excluding hydrogens is 384 g/mol. The van der Waals surface area contributed by atoms with E-state index in [1.165, 1.54) is 14.2 Å². The van der Waals surface area contributed by atoms with Crippen LogP contribution in [0.2, 0.25) is 0 Å². The molecule has 0 radical (unpaired) electrons. The highest BCUT2D eigenvalue weighted by atomic mass is 16.5. The van der Waals surface area contributed by atoms with Crippen molar-refractivity contribution in [2.45, 2.75) is 6.42 Å². The molecule has 0 atom stereocenters. The number of nitrogens with zero attached hydrogens (tertiary/aromatic N) is 3. The fraction of sp³-hybridized carbons (Fsp3) is 0.318. The Bertz CT molecular complexity index is 1060. The van der Waals surface area contributed by atoms with E-state index < -0.39 is 0 Å². The molecule has 0 aliphatic carbocycles. The lowest BCUT2D eigenvalue weighted by Gasteiger charge is -2.23. The SMILES string of the molecule is COc1cccc(OC)c1C(=O)N1CCCN(C(=O)c2ccc3nc[nH]c3c2)CC1. The molecule has 8 heteroatoms. The number of aromatic amines is 1. The summed E-state index contributed by atoms with van der Waals surface area (Å²) < 4.78 is 10.8. The zero-order chi connectivity index (χ0) is 21.1.